The molecule has 1 aromatic carbocycles. The first kappa shape index (κ1) is 19.7. The van der Waals surface area contributed by atoms with E-state index in [4.69, 9.17) is 0 Å². The molecule has 0 saturated carbocycles. The van der Waals surface area contributed by atoms with Crippen molar-refractivity contribution in [2.75, 3.05) is 6.54 Å². The zero-order chi connectivity index (χ0) is 19.3. The van der Waals surface area contributed by atoms with Gasteiger partial charge >= 0.3 is 5.97 Å². The lowest BCUT2D eigenvalue weighted by molar-refractivity contribution is -0.149. The zero-order valence-corrected chi connectivity index (χ0v) is 15.5. The van der Waals surface area contributed by atoms with Gasteiger partial charge in [0.2, 0.25) is 11.8 Å². The van der Waals surface area contributed by atoms with Crippen LogP contribution in [0.4, 0.5) is 0 Å². The fraction of sp³-hybridized carbons (Fsp3) is 0.450. The number of rotatable bonds is 7. The van der Waals surface area contributed by atoms with Crippen molar-refractivity contribution in [3.63, 3.8) is 0 Å². The van der Waals surface area contributed by atoms with Crippen molar-refractivity contribution in [3.8, 4) is 0 Å². The summed E-state index contributed by atoms with van der Waals surface area (Å²) in [7, 11) is 0. The minimum Gasteiger partial charge on any atom is -0.481 e. The van der Waals surface area contributed by atoms with Crippen LogP contribution in [0.3, 0.4) is 0 Å². The van der Waals surface area contributed by atoms with Gasteiger partial charge in [0.15, 0.2) is 0 Å². The number of carboxylic acids is 1. The highest BCUT2D eigenvalue weighted by Gasteiger charge is 2.36. The molecule has 0 aliphatic carbocycles. The summed E-state index contributed by atoms with van der Waals surface area (Å²) in [5.41, 5.74) is 0.931. The minimum atomic E-state index is -0.958. The van der Waals surface area contributed by atoms with Crippen LogP contribution in [0.2, 0.25) is 0 Å². The van der Waals surface area contributed by atoms with Crippen LogP contribution in [0.1, 0.15) is 57.2 Å². The van der Waals surface area contributed by atoms with Crippen LogP contribution in [0.5, 0.6) is 0 Å². The first-order chi connectivity index (χ1) is 12.3. The lowest BCUT2D eigenvalue weighted by Crippen LogP contribution is -2.43. The zero-order valence-electron chi connectivity index (χ0n) is 15.5. The molecular weight excluding hydrogens is 332 g/mol. The third-order valence-electron chi connectivity index (χ3n) is 5.28. The molecule has 1 aliphatic rings. The highest BCUT2D eigenvalue weighted by atomic mass is 16.4. The summed E-state index contributed by atoms with van der Waals surface area (Å²) in [6.07, 6.45) is 4.52. The molecule has 6 heteroatoms. The van der Waals surface area contributed by atoms with Crippen LogP contribution in [0, 0.1) is 5.41 Å². The van der Waals surface area contributed by atoms with E-state index in [2.05, 4.69) is 5.32 Å². The predicted molar refractivity (Wildman–Crippen MR) is 99.0 cm³/mol. The molecule has 2 N–H and O–H groups in total. The van der Waals surface area contributed by atoms with Gasteiger partial charge in [-0.1, -0.05) is 38.1 Å². The van der Waals surface area contributed by atoms with Crippen molar-refractivity contribution in [2.24, 2.45) is 5.41 Å². The van der Waals surface area contributed by atoms with Gasteiger partial charge in [-0.05, 0) is 30.0 Å². The number of hydrogen-bond acceptors (Lipinski definition) is 3. The molecule has 1 aliphatic heterocycles. The van der Waals surface area contributed by atoms with E-state index in [1.807, 2.05) is 44.2 Å². The number of carbonyl (C=O) groups excluding carboxylic acids is 2. The Morgan fingerprint density at radius 2 is 1.85 bits per heavy atom. The maximum Gasteiger partial charge on any atom is 0.311 e. The Morgan fingerprint density at radius 1 is 1.19 bits per heavy atom. The maximum absolute atomic E-state index is 12.5. The molecular formula is C20H26N2O4. The molecule has 1 heterocycles. The van der Waals surface area contributed by atoms with Crippen molar-refractivity contribution in [1.29, 1.82) is 0 Å². The molecule has 2 amide bonds. The van der Waals surface area contributed by atoms with Crippen LogP contribution in [-0.4, -0.2) is 34.3 Å². The van der Waals surface area contributed by atoms with Crippen molar-refractivity contribution in [1.82, 2.24) is 10.2 Å². The Labute approximate surface area is 153 Å². The second kappa shape index (κ2) is 8.17. The monoisotopic (exact) mass is 358 g/mol. The normalized spacial score (nSPS) is 16.1. The minimum absolute atomic E-state index is 0.0818. The molecule has 0 spiro atoms. The highest BCUT2D eigenvalue weighted by molar-refractivity contribution is 5.82. The van der Waals surface area contributed by atoms with Gasteiger partial charge in [0.25, 0.3) is 0 Å². The van der Waals surface area contributed by atoms with Crippen molar-refractivity contribution in [3.05, 3.63) is 41.6 Å². The molecule has 0 radical (unpaired) electrons. The number of nitrogens with zero attached hydrogens (tertiary/aromatic N) is 1. The van der Waals surface area contributed by atoms with Crippen LogP contribution in [-0.2, 0) is 14.4 Å². The number of hydrogen-bond donors (Lipinski definition) is 2. The Morgan fingerprint density at radius 3 is 2.42 bits per heavy atom. The van der Waals surface area contributed by atoms with E-state index in [1.54, 1.807) is 11.1 Å². The van der Waals surface area contributed by atoms with E-state index in [0.717, 1.165) is 11.1 Å². The second-order valence-corrected chi connectivity index (χ2v) is 6.66. The topological polar surface area (TPSA) is 86.7 Å². The molecule has 26 heavy (non-hydrogen) atoms. The van der Waals surface area contributed by atoms with Crippen LogP contribution < -0.4 is 5.32 Å². The summed E-state index contributed by atoms with van der Waals surface area (Å²) >= 11 is 0. The average molecular weight is 358 g/mol. The smallest absolute Gasteiger partial charge is 0.311 e. The van der Waals surface area contributed by atoms with E-state index in [1.165, 1.54) is 6.92 Å². The van der Waals surface area contributed by atoms with Crippen molar-refractivity contribution in [2.45, 2.75) is 46.1 Å². The van der Waals surface area contributed by atoms with Crippen molar-refractivity contribution < 1.29 is 19.5 Å². The van der Waals surface area contributed by atoms with E-state index in [0.29, 0.717) is 12.8 Å². The molecule has 6 nitrogen and oxygen atoms in total. The summed E-state index contributed by atoms with van der Waals surface area (Å²) in [5, 5.41) is 12.3. The lowest BCUT2D eigenvalue weighted by atomic mass is 9.82. The number of nitrogens with one attached hydrogen (secondary N) is 1. The lowest BCUT2D eigenvalue weighted by Gasteiger charge is -2.33. The van der Waals surface area contributed by atoms with Gasteiger partial charge in [0, 0.05) is 19.7 Å². The standard InChI is InChI=1S/C20H26N2O4/c1-4-20(5-2,19(25)26)13-21-18(24)12-17-16-9-7-6-8-15(16)10-11-22(17)14(3)23/h6-11,17H,4-5,12-13H2,1-3H3,(H,21,24)(H,25,26)/t17-/m1/s1. The first-order valence-electron chi connectivity index (χ1n) is 8.90. The van der Waals surface area contributed by atoms with Crippen LogP contribution in [0.15, 0.2) is 30.5 Å². The Hall–Kier alpha value is -2.63. The predicted octanol–water partition coefficient (Wildman–Crippen LogP) is 2.96. The molecule has 1 atom stereocenters. The third-order valence-corrected chi connectivity index (χ3v) is 5.28. The molecule has 0 aromatic heterocycles. The maximum atomic E-state index is 12.5. The number of fused-ring (bicyclic) bond motifs is 1. The molecule has 1 aromatic rings. The number of carbonyl (C=O) groups is 3. The fourth-order valence-corrected chi connectivity index (χ4v) is 3.31. The van der Waals surface area contributed by atoms with Gasteiger partial charge in [0.1, 0.15) is 0 Å². The number of benzene rings is 1. The van der Waals surface area contributed by atoms with Gasteiger partial charge in [-0.25, -0.2) is 0 Å². The van der Waals surface area contributed by atoms with Gasteiger partial charge in [0.05, 0.1) is 17.9 Å². The quantitative estimate of drug-likeness (QED) is 0.784. The van der Waals surface area contributed by atoms with Gasteiger partial charge < -0.3 is 15.3 Å². The van der Waals surface area contributed by atoms with E-state index >= 15 is 0 Å². The fourth-order valence-electron chi connectivity index (χ4n) is 3.31. The number of carboxylic acid groups (broad SMARTS) is 1. The summed E-state index contributed by atoms with van der Waals surface area (Å²) in [6, 6.07) is 7.25. The number of aliphatic carboxylic acids is 1. The van der Waals surface area contributed by atoms with E-state index in [9.17, 15) is 19.5 Å². The SMILES string of the molecule is CCC(CC)(CNC(=O)C[C@@H]1c2ccccc2C=CN1C(C)=O)C(=O)O. The average Bonchev–Trinajstić information content (AvgIpc) is 2.62. The molecule has 0 bridgehead atoms. The third kappa shape index (κ3) is 3.95. The Kier molecular flexibility index (Phi) is 6.18. The van der Waals surface area contributed by atoms with Crippen molar-refractivity contribution >= 4 is 23.9 Å². The Bertz CT molecular complexity index is 722. The molecule has 0 saturated heterocycles. The van der Waals surface area contributed by atoms with Gasteiger partial charge in [-0.3, -0.25) is 14.4 Å². The van der Waals surface area contributed by atoms with Crippen LogP contribution >= 0.6 is 0 Å². The van der Waals surface area contributed by atoms with Gasteiger partial charge in [-0.2, -0.15) is 0 Å². The first-order valence-corrected chi connectivity index (χ1v) is 8.90. The summed E-state index contributed by atoms with van der Waals surface area (Å²) in [5.74, 6) is -1.31. The molecule has 2 rings (SSSR count). The highest BCUT2D eigenvalue weighted by Crippen LogP contribution is 2.33. The molecule has 0 unspecified atom stereocenters. The largest absolute Gasteiger partial charge is 0.481 e. The molecule has 0 fully saturated rings. The Balaban J connectivity index is 2.14. The van der Waals surface area contributed by atoms with E-state index in [-0.39, 0.29) is 24.8 Å². The summed E-state index contributed by atoms with van der Waals surface area (Å²) in [4.78, 5) is 37.6. The van der Waals surface area contributed by atoms with E-state index < -0.39 is 17.4 Å². The second-order valence-electron chi connectivity index (χ2n) is 6.66. The van der Waals surface area contributed by atoms with Gasteiger partial charge in [-0.15, -0.1) is 0 Å². The summed E-state index contributed by atoms with van der Waals surface area (Å²) in [6.45, 7) is 5.16. The summed E-state index contributed by atoms with van der Waals surface area (Å²) < 4.78 is 0. The molecule has 140 valence electrons. The van der Waals surface area contributed by atoms with Crippen LogP contribution in [0.25, 0.3) is 6.08 Å². The number of amides is 2.